The Bertz CT molecular complexity index is 1400. The van der Waals surface area contributed by atoms with Crippen LogP contribution >= 0.6 is 0 Å². The number of hydrogen-bond acceptors (Lipinski definition) is 4. The van der Waals surface area contributed by atoms with E-state index in [-0.39, 0.29) is 11.9 Å². The lowest BCUT2D eigenvalue weighted by molar-refractivity contribution is 0.0675. The Kier molecular flexibility index (Phi) is 5.30. The van der Waals surface area contributed by atoms with Gasteiger partial charge in [-0.15, -0.1) is 0 Å². The van der Waals surface area contributed by atoms with E-state index < -0.39 is 0 Å². The molecule has 5 rings (SSSR count). The van der Waals surface area contributed by atoms with E-state index in [0.29, 0.717) is 17.6 Å². The van der Waals surface area contributed by atoms with Crippen LogP contribution in [-0.2, 0) is 6.54 Å². The van der Waals surface area contributed by atoms with Crippen molar-refractivity contribution in [2.24, 2.45) is 0 Å². The van der Waals surface area contributed by atoms with E-state index in [4.69, 9.17) is 0 Å². The highest BCUT2D eigenvalue weighted by atomic mass is 16.2. The van der Waals surface area contributed by atoms with Gasteiger partial charge in [-0.2, -0.15) is 0 Å². The second-order valence-electron chi connectivity index (χ2n) is 7.77. The predicted octanol–water partition coefficient (Wildman–Crippen LogP) is 5.58. The van der Waals surface area contributed by atoms with E-state index in [1.807, 2.05) is 65.6 Å². The van der Waals surface area contributed by atoms with Crippen LogP contribution in [0.5, 0.6) is 0 Å². The molecule has 32 heavy (non-hydrogen) atoms. The smallest absolute Gasteiger partial charge is 0.254 e. The van der Waals surface area contributed by atoms with Gasteiger partial charge in [0.25, 0.3) is 5.91 Å². The fourth-order valence-corrected chi connectivity index (χ4v) is 4.03. The van der Waals surface area contributed by atoms with Crippen LogP contribution in [0.2, 0.25) is 0 Å². The minimum Gasteiger partial charge on any atom is -0.328 e. The number of pyridine rings is 1. The molecule has 156 valence electrons. The van der Waals surface area contributed by atoms with Crippen LogP contribution < -0.4 is 0 Å². The fourth-order valence-electron chi connectivity index (χ4n) is 4.03. The third-order valence-electron chi connectivity index (χ3n) is 5.81. The predicted molar refractivity (Wildman–Crippen MR) is 126 cm³/mol. The quantitative estimate of drug-likeness (QED) is 0.374. The zero-order valence-electron chi connectivity index (χ0n) is 17.7. The van der Waals surface area contributed by atoms with Gasteiger partial charge in [0.2, 0.25) is 0 Å². The van der Waals surface area contributed by atoms with Gasteiger partial charge in [-0.25, -0.2) is 0 Å². The van der Waals surface area contributed by atoms with Crippen LogP contribution in [0.1, 0.15) is 34.5 Å². The molecule has 0 spiro atoms. The number of carbonyl (C=O) groups is 1. The molecule has 0 saturated heterocycles. The van der Waals surface area contributed by atoms with Crippen molar-refractivity contribution in [1.82, 2.24) is 19.9 Å². The fraction of sp³-hybridized carbons (Fsp3) is 0.111. The van der Waals surface area contributed by atoms with E-state index in [2.05, 4.69) is 40.1 Å². The Labute approximate surface area is 186 Å². The summed E-state index contributed by atoms with van der Waals surface area (Å²) < 4.78 is 0. The first-order chi connectivity index (χ1) is 15.7. The van der Waals surface area contributed by atoms with Gasteiger partial charge in [0.1, 0.15) is 0 Å². The topological polar surface area (TPSA) is 59.0 Å². The van der Waals surface area contributed by atoms with E-state index in [0.717, 1.165) is 27.5 Å². The zero-order chi connectivity index (χ0) is 21.9. The van der Waals surface area contributed by atoms with Gasteiger partial charge in [-0.05, 0) is 48.4 Å². The average Bonchev–Trinajstić information content (AvgIpc) is 2.87. The third kappa shape index (κ3) is 3.81. The maximum Gasteiger partial charge on any atom is 0.254 e. The van der Waals surface area contributed by atoms with E-state index >= 15 is 0 Å². The van der Waals surface area contributed by atoms with Gasteiger partial charge in [0, 0.05) is 36.1 Å². The Morgan fingerprint density at radius 1 is 0.781 bits per heavy atom. The number of para-hydroxylation sites is 1. The number of aromatic nitrogens is 3. The van der Waals surface area contributed by atoms with Gasteiger partial charge in [0.05, 0.1) is 22.6 Å². The van der Waals surface area contributed by atoms with Crippen molar-refractivity contribution in [3.8, 4) is 0 Å². The molecular formula is C27H22N4O. The molecular weight excluding hydrogens is 396 g/mol. The highest BCUT2D eigenvalue weighted by Crippen LogP contribution is 2.27. The van der Waals surface area contributed by atoms with E-state index in [9.17, 15) is 4.79 Å². The summed E-state index contributed by atoms with van der Waals surface area (Å²) in [5, 5.41) is 1.05. The highest BCUT2D eigenvalue weighted by molar-refractivity contribution is 5.97. The standard InChI is InChI=1S/C27H22N4O/c1-19(20-7-3-2-4-8-20)31(18-22-13-14-28-24-10-6-5-9-23(22)24)27(32)21-11-12-25-26(17-21)30-16-15-29-25/h2-17,19H,18H2,1H3. The molecule has 1 unspecified atom stereocenters. The first kappa shape index (κ1) is 19.8. The average molecular weight is 419 g/mol. The summed E-state index contributed by atoms with van der Waals surface area (Å²) in [7, 11) is 0. The highest BCUT2D eigenvalue weighted by Gasteiger charge is 2.24. The molecule has 0 radical (unpaired) electrons. The molecule has 0 bridgehead atoms. The Hall–Kier alpha value is -4.12. The molecule has 5 aromatic rings. The third-order valence-corrected chi connectivity index (χ3v) is 5.81. The van der Waals surface area contributed by atoms with Crippen LogP contribution in [-0.4, -0.2) is 25.8 Å². The maximum absolute atomic E-state index is 13.8. The van der Waals surface area contributed by atoms with Crippen molar-refractivity contribution in [2.45, 2.75) is 19.5 Å². The lowest BCUT2D eigenvalue weighted by Gasteiger charge is -2.30. The lowest BCUT2D eigenvalue weighted by Crippen LogP contribution is -2.33. The van der Waals surface area contributed by atoms with E-state index in [1.165, 1.54) is 0 Å². The number of nitrogens with zero attached hydrogens (tertiary/aromatic N) is 4. The second kappa shape index (κ2) is 8.55. The molecule has 0 aliphatic carbocycles. The molecule has 5 heteroatoms. The van der Waals surface area contributed by atoms with Crippen LogP contribution in [0.25, 0.3) is 21.9 Å². The van der Waals surface area contributed by atoms with Gasteiger partial charge in [0.15, 0.2) is 0 Å². The van der Waals surface area contributed by atoms with Crippen LogP contribution in [0.4, 0.5) is 0 Å². The van der Waals surface area contributed by atoms with E-state index in [1.54, 1.807) is 18.6 Å². The second-order valence-corrected chi connectivity index (χ2v) is 7.77. The van der Waals surface area contributed by atoms with Crippen LogP contribution in [0.15, 0.2) is 97.5 Å². The normalized spacial score (nSPS) is 12.0. The molecule has 1 atom stereocenters. The van der Waals surface area contributed by atoms with Crippen LogP contribution in [0, 0.1) is 0 Å². The molecule has 0 aliphatic rings. The molecule has 2 aromatic heterocycles. The van der Waals surface area contributed by atoms with Gasteiger partial charge < -0.3 is 4.90 Å². The minimum atomic E-state index is -0.117. The Balaban J connectivity index is 1.57. The molecule has 3 aromatic carbocycles. The molecule has 0 aliphatic heterocycles. The van der Waals surface area contributed by atoms with Crippen molar-refractivity contribution in [3.05, 3.63) is 114 Å². The number of benzene rings is 3. The summed E-state index contributed by atoms with van der Waals surface area (Å²) in [5.74, 6) is -0.0465. The molecule has 0 fully saturated rings. The molecule has 0 saturated carbocycles. The van der Waals surface area contributed by atoms with Crippen molar-refractivity contribution < 1.29 is 4.79 Å². The molecule has 1 amide bonds. The van der Waals surface area contributed by atoms with Crippen molar-refractivity contribution >= 4 is 27.8 Å². The zero-order valence-corrected chi connectivity index (χ0v) is 17.7. The number of amides is 1. The summed E-state index contributed by atoms with van der Waals surface area (Å²) in [6.45, 7) is 2.54. The summed E-state index contributed by atoms with van der Waals surface area (Å²) in [6, 6.07) is 25.5. The van der Waals surface area contributed by atoms with Gasteiger partial charge in [-0.3, -0.25) is 19.7 Å². The Morgan fingerprint density at radius 3 is 2.34 bits per heavy atom. The number of carbonyl (C=O) groups excluding carboxylic acids is 1. The number of hydrogen-bond donors (Lipinski definition) is 0. The summed E-state index contributed by atoms with van der Waals surface area (Å²) >= 11 is 0. The van der Waals surface area contributed by atoms with Crippen LogP contribution in [0.3, 0.4) is 0 Å². The summed E-state index contributed by atoms with van der Waals surface area (Å²) in [4.78, 5) is 28.9. The number of rotatable bonds is 5. The van der Waals surface area contributed by atoms with Crippen molar-refractivity contribution in [3.63, 3.8) is 0 Å². The SMILES string of the molecule is CC(c1ccccc1)N(Cc1ccnc2ccccc12)C(=O)c1ccc2nccnc2c1. The molecule has 5 nitrogen and oxygen atoms in total. The summed E-state index contributed by atoms with van der Waals surface area (Å²) in [5.41, 5.74) is 5.14. The van der Waals surface area contributed by atoms with Crippen molar-refractivity contribution in [1.29, 1.82) is 0 Å². The van der Waals surface area contributed by atoms with Gasteiger partial charge in [-0.1, -0.05) is 48.5 Å². The summed E-state index contributed by atoms with van der Waals surface area (Å²) in [6.07, 6.45) is 5.10. The maximum atomic E-state index is 13.8. The van der Waals surface area contributed by atoms with Crippen molar-refractivity contribution in [2.75, 3.05) is 0 Å². The lowest BCUT2D eigenvalue weighted by atomic mass is 10.0. The van der Waals surface area contributed by atoms with Gasteiger partial charge >= 0.3 is 0 Å². The number of fused-ring (bicyclic) bond motifs is 2. The Morgan fingerprint density at radius 2 is 1.50 bits per heavy atom. The molecule has 0 N–H and O–H groups in total. The molecule has 2 heterocycles. The minimum absolute atomic E-state index is 0.0465. The first-order valence-electron chi connectivity index (χ1n) is 10.6. The monoisotopic (exact) mass is 418 g/mol. The first-order valence-corrected chi connectivity index (χ1v) is 10.6. The largest absolute Gasteiger partial charge is 0.328 e.